The van der Waals surface area contributed by atoms with Gasteiger partial charge < -0.3 is 30.3 Å². The molecule has 0 unspecified atom stereocenters. The van der Waals surface area contributed by atoms with Crippen LogP contribution in [0, 0.1) is 0 Å². The molecule has 1 aromatic heterocycles. The Kier molecular flexibility index (Phi) is 10.6. The summed E-state index contributed by atoms with van der Waals surface area (Å²) in [5, 5.41) is 27.3. The topological polar surface area (TPSA) is 130 Å². The van der Waals surface area contributed by atoms with Crippen molar-refractivity contribution < 1.29 is 29.3 Å². The summed E-state index contributed by atoms with van der Waals surface area (Å²) in [6.45, 7) is 1.87. The number of carbonyl (C=O) groups is 2. The third kappa shape index (κ3) is 8.25. The van der Waals surface area contributed by atoms with Crippen molar-refractivity contribution in [2.45, 2.75) is 25.5 Å². The SMILES string of the molecule is CCOC(=O)CNC(=O)c1cccc2c(Oc3ccc(C[C@@H](CO)NC[C@@H](O)c4cccc(Cl)c4)cc3)ccnc12. The molecule has 9 nitrogen and oxygen atoms in total. The number of ether oxygens (including phenoxy) is 2. The van der Waals surface area contributed by atoms with E-state index in [9.17, 15) is 19.8 Å². The number of fused-ring (bicyclic) bond motifs is 1. The predicted octanol–water partition coefficient (Wildman–Crippen LogP) is 4.20. The molecule has 0 bridgehead atoms. The van der Waals surface area contributed by atoms with E-state index in [4.69, 9.17) is 21.1 Å². The Morgan fingerprint density at radius 3 is 2.56 bits per heavy atom. The fraction of sp³-hybridized carbons (Fsp3) is 0.258. The number of halogens is 1. The Morgan fingerprint density at radius 1 is 1.05 bits per heavy atom. The maximum absolute atomic E-state index is 12.7. The van der Waals surface area contributed by atoms with Crippen LogP contribution >= 0.6 is 11.6 Å². The molecule has 4 aromatic rings. The number of hydrogen-bond donors (Lipinski definition) is 4. The Bertz CT molecular complexity index is 1480. The lowest BCUT2D eigenvalue weighted by molar-refractivity contribution is -0.141. The zero-order valence-corrected chi connectivity index (χ0v) is 23.3. The summed E-state index contributed by atoms with van der Waals surface area (Å²) in [7, 11) is 0. The van der Waals surface area contributed by atoms with Crippen LogP contribution in [-0.2, 0) is 16.0 Å². The highest BCUT2D eigenvalue weighted by molar-refractivity contribution is 6.30. The van der Waals surface area contributed by atoms with E-state index in [1.807, 2.05) is 30.3 Å². The summed E-state index contributed by atoms with van der Waals surface area (Å²) in [5.74, 6) is 0.151. The van der Waals surface area contributed by atoms with Gasteiger partial charge in [-0.3, -0.25) is 14.6 Å². The molecule has 4 rings (SSSR count). The van der Waals surface area contributed by atoms with Gasteiger partial charge in [0.2, 0.25) is 0 Å². The van der Waals surface area contributed by atoms with Crippen molar-refractivity contribution in [2.75, 3.05) is 26.3 Å². The van der Waals surface area contributed by atoms with Crippen molar-refractivity contribution in [2.24, 2.45) is 0 Å². The summed E-state index contributed by atoms with van der Waals surface area (Å²) in [4.78, 5) is 28.7. The Morgan fingerprint density at radius 2 is 1.83 bits per heavy atom. The fourth-order valence-corrected chi connectivity index (χ4v) is 4.50. The number of amides is 1. The molecule has 0 fully saturated rings. The number of nitrogens with zero attached hydrogens (tertiary/aromatic N) is 1. The molecule has 0 saturated carbocycles. The van der Waals surface area contributed by atoms with Crippen molar-refractivity contribution in [3.05, 3.63) is 101 Å². The van der Waals surface area contributed by atoms with Crippen molar-refractivity contribution in [1.82, 2.24) is 15.6 Å². The van der Waals surface area contributed by atoms with E-state index in [2.05, 4.69) is 15.6 Å². The van der Waals surface area contributed by atoms with Gasteiger partial charge in [-0.25, -0.2) is 0 Å². The van der Waals surface area contributed by atoms with Crippen molar-refractivity contribution in [1.29, 1.82) is 0 Å². The second-order valence-electron chi connectivity index (χ2n) is 9.31. The molecule has 1 heterocycles. The molecule has 10 heteroatoms. The van der Waals surface area contributed by atoms with Gasteiger partial charge in [0.05, 0.1) is 30.4 Å². The van der Waals surface area contributed by atoms with Crippen LogP contribution < -0.4 is 15.4 Å². The monoisotopic (exact) mass is 577 g/mol. The molecule has 0 radical (unpaired) electrons. The molecule has 0 aliphatic heterocycles. The number of benzene rings is 3. The number of aliphatic hydroxyl groups is 2. The third-order valence-corrected chi connectivity index (χ3v) is 6.60. The second kappa shape index (κ2) is 14.6. The van der Waals surface area contributed by atoms with Gasteiger partial charge in [0.25, 0.3) is 5.91 Å². The van der Waals surface area contributed by atoms with Gasteiger partial charge in [-0.15, -0.1) is 0 Å². The van der Waals surface area contributed by atoms with Gasteiger partial charge in [0, 0.05) is 29.2 Å². The first-order valence-electron chi connectivity index (χ1n) is 13.2. The number of aliphatic hydroxyl groups excluding tert-OH is 2. The van der Waals surface area contributed by atoms with Gasteiger partial charge >= 0.3 is 5.97 Å². The van der Waals surface area contributed by atoms with E-state index in [0.29, 0.717) is 45.0 Å². The lowest BCUT2D eigenvalue weighted by Gasteiger charge is -2.19. The Balaban J connectivity index is 1.39. The Labute approximate surface area is 243 Å². The van der Waals surface area contributed by atoms with E-state index in [1.54, 1.807) is 55.6 Å². The summed E-state index contributed by atoms with van der Waals surface area (Å²) >= 11 is 6.01. The van der Waals surface area contributed by atoms with Gasteiger partial charge in [-0.05, 0) is 66.9 Å². The maximum atomic E-state index is 12.7. The first-order valence-corrected chi connectivity index (χ1v) is 13.6. The normalized spacial score (nSPS) is 12.5. The molecular weight excluding hydrogens is 546 g/mol. The number of nitrogens with one attached hydrogen (secondary N) is 2. The lowest BCUT2D eigenvalue weighted by atomic mass is 10.0. The largest absolute Gasteiger partial charge is 0.465 e. The number of para-hydroxylation sites is 1. The number of pyridine rings is 1. The van der Waals surface area contributed by atoms with Crippen molar-refractivity contribution in [3.63, 3.8) is 0 Å². The van der Waals surface area contributed by atoms with E-state index >= 15 is 0 Å². The molecule has 0 aliphatic rings. The Hall–Kier alpha value is -4.02. The smallest absolute Gasteiger partial charge is 0.325 e. The molecule has 214 valence electrons. The lowest BCUT2D eigenvalue weighted by Crippen LogP contribution is -2.37. The highest BCUT2D eigenvalue weighted by Gasteiger charge is 2.16. The molecule has 0 saturated heterocycles. The van der Waals surface area contributed by atoms with Crippen LogP contribution in [-0.4, -0.2) is 59.4 Å². The van der Waals surface area contributed by atoms with E-state index in [-0.39, 0.29) is 32.3 Å². The molecule has 41 heavy (non-hydrogen) atoms. The molecule has 0 aliphatic carbocycles. The second-order valence-corrected chi connectivity index (χ2v) is 9.74. The zero-order chi connectivity index (χ0) is 29.2. The number of rotatable bonds is 13. The minimum atomic E-state index is -0.752. The summed E-state index contributed by atoms with van der Waals surface area (Å²) in [6.07, 6.45) is 1.35. The molecule has 4 N–H and O–H groups in total. The maximum Gasteiger partial charge on any atom is 0.325 e. The van der Waals surface area contributed by atoms with E-state index < -0.39 is 18.0 Å². The van der Waals surface area contributed by atoms with Gasteiger partial charge in [-0.2, -0.15) is 0 Å². The molecule has 3 aromatic carbocycles. The average molecular weight is 578 g/mol. The van der Waals surface area contributed by atoms with Crippen molar-refractivity contribution in [3.8, 4) is 11.5 Å². The van der Waals surface area contributed by atoms with Gasteiger partial charge in [0.1, 0.15) is 18.0 Å². The van der Waals surface area contributed by atoms with Crippen molar-refractivity contribution >= 4 is 34.4 Å². The van der Waals surface area contributed by atoms with Gasteiger partial charge in [-0.1, -0.05) is 41.9 Å². The highest BCUT2D eigenvalue weighted by Crippen LogP contribution is 2.30. The van der Waals surface area contributed by atoms with Crippen LogP contribution in [0.15, 0.2) is 79.0 Å². The van der Waals surface area contributed by atoms with Crippen LogP contribution in [0.5, 0.6) is 11.5 Å². The van der Waals surface area contributed by atoms with E-state index in [1.165, 1.54) is 0 Å². The van der Waals surface area contributed by atoms with Crippen LogP contribution in [0.4, 0.5) is 0 Å². The summed E-state index contributed by atoms with van der Waals surface area (Å²) < 4.78 is 11.0. The number of esters is 1. The summed E-state index contributed by atoms with van der Waals surface area (Å²) in [6, 6.07) is 21.1. The molecule has 2 atom stereocenters. The standard InChI is InChI=1S/C31H32ClN3O6/c1-2-40-29(38)18-35-31(39)26-8-4-7-25-28(13-14-33-30(25)26)41-24-11-9-20(10-12-24)15-23(19-36)34-17-27(37)21-5-3-6-22(32)16-21/h3-14,16,23,27,34,36-37H,2,15,17-19H2,1H3,(H,35,39)/t23-,27+/m0/s1. The molecule has 1 amide bonds. The predicted molar refractivity (Wildman–Crippen MR) is 156 cm³/mol. The third-order valence-electron chi connectivity index (χ3n) is 6.36. The first kappa shape index (κ1) is 30.0. The zero-order valence-electron chi connectivity index (χ0n) is 22.5. The average Bonchev–Trinajstić information content (AvgIpc) is 2.98. The van der Waals surface area contributed by atoms with Crippen LogP contribution in [0.3, 0.4) is 0 Å². The number of hydrogen-bond acceptors (Lipinski definition) is 8. The first-order chi connectivity index (χ1) is 19.9. The quantitative estimate of drug-likeness (QED) is 0.174. The summed E-state index contributed by atoms with van der Waals surface area (Å²) in [5.41, 5.74) is 2.44. The molecular formula is C31H32ClN3O6. The minimum Gasteiger partial charge on any atom is -0.465 e. The molecule has 0 spiro atoms. The highest BCUT2D eigenvalue weighted by atomic mass is 35.5. The number of aromatic nitrogens is 1. The van der Waals surface area contributed by atoms with E-state index in [0.717, 1.165) is 5.56 Å². The number of carbonyl (C=O) groups excluding carboxylic acids is 2. The van der Waals surface area contributed by atoms with Crippen LogP contribution in [0.2, 0.25) is 5.02 Å². The van der Waals surface area contributed by atoms with Crippen LogP contribution in [0.25, 0.3) is 10.9 Å². The fourth-order valence-electron chi connectivity index (χ4n) is 4.30. The van der Waals surface area contributed by atoms with Crippen LogP contribution in [0.1, 0.15) is 34.5 Å². The minimum absolute atomic E-state index is 0.0980. The van der Waals surface area contributed by atoms with Gasteiger partial charge in [0.15, 0.2) is 0 Å².